The van der Waals surface area contributed by atoms with Crippen LogP contribution in [0.2, 0.25) is 0 Å². The molecule has 1 aromatic carbocycles. The van der Waals surface area contributed by atoms with Gasteiger partial charge in [0.1, 0.15) is 18.1 Å². The van der Waals surface area contributed by atoms with Gasteiger partial charge in [0.05, 0.1) is 15.9 Å². The third-order valence-electron chi connectivity index (χ3n) is 5.09. The van der Waals surface area contributed by atoms with Crippen LogP contribution in [0.3, 0.4) is 0 Å². The Kier molecular flexibility index (Phi) is 5.87. The van der Waals surface area contributed by atoms with E-state index in [1.165, 1.54) is 0 Å². The molecule has 0 bridgehead atoms. The summed E-state index contributed by atoms with van der Waals surface area (Å²) in [5, 5.41) is 5.89. The Bertz CT molecular complexity index is 1280. The number of hydrogen-bond acceptors (Lipinski definition) is 7. The summed E-state index contributed by atoms with van der Waals surface area (Å²) in [5.74, 6) is 0.358. The van der Waals surface area contributed by atoms with Crippen LogP contribution >= 0.6 is 11.8 Å². The summed E-state index contributed by atoms with van der Waals surface area (Å²) in [4.78, 5) is 43.6. The van der Waals surface area contributed by atoms with Crippen molar-refractivity contribution in [1.82, 2.24) is 19.6 Å². The summed E-state index contributed by atoms with van der Waals surface area (Å²) in [7, 11) is 0. The molecule has 1 aliphatic rings. The van der Waals surface area contributed by atoms with Crippen molar-refractivity contribution in [3.63, 3.8) is 0 Å². The van der Waals surface area contributed by atoms with Gasteiger partial charge >= 0.3 is 0 Å². The predicted octanol–water partition coefficient (Wildman–Crippen LogP) is 4.58. The highest BCUT2D eigenvalue weighted by molar-refractivity contribution is 8.18. The standard InChI is InChI=1S/C23H25N5O4S/c1-13(2)28-15-9-7-6-8-14(15)24-19(28)10-16-21(30)27(22(31)33-16)12-20(29)25-18-11-17(32-26-18)23(3,4)5/h6-11,13H,12H2,1-5H3,(H,25,26,29)/b16-10-. The highest BCUT2D eigenvalue weighted by Crippen LogP contribution is 2.33. The fourth-order valence-electron chi connectivity index (χ4n) is 3.47. The molecule has 2 aromatic heterocycles. The Labute approximate surface area is 195 Å². The normalized spacial score (nSPS) is 15.9. The number of imide groups is 1. The average molecular weight is 468 g/mol. The molecular weight excluding hydrogens is 442 g/mol. The first-order valence-corrected chi connectivity index (χ1v) is 11.4. The zero-order valence-electron chi connectivity index (χ0n) is 19.1. The number of hydrogen-bond donors (Lipinski definition) is 1. The van der Waals surface area contributed by atoms with Gasteiger partial charge in [0.2, 0.25) is 5.91 Å². The summed E-state index contributed by atoms with van der Waals surface area (Å²) in [6.07, 6.45) is 1.61. The first-order valence-electron chi connectivity index (χ1n) is 10.5. The first-order chi connectivity index (χ1) is 15.5. The Morgan fingerprint density at radius 3 is 2.64 bits per heavy atom. The van der Waals surface area contributed by atoms with Crippen molar-refractivity contribution in [2.75, 3.05) is 11.9 Å². The lowest BCUT2D eigenvalue weighted by molar-refractivity contribution is -0.127. The second-order valence-electron chi connectivity index (χ2n) is 9.06. The number of nitrogens with one attached hydrogen (secondary N) is 1. The molecule has 172 valence electrons. The van der Waals surface area contributed by atoms with Crippen LogP contribution in [0.25, 0.3) is 17.1 Å². The van der Waals surface area contributed by atoms with E-state index in [0.29, 0.717) is 11.6 Å². The van der Waals surface area contributed by atoms with Crippen molar-refractivity contribution >= 4 is 51.7 Å². The molecule has 0 atom stereocenters. The lowest BCUT2D eigenvalue weighted by Crippen LogP contribution is -2.36. The number of rotatable bonds is 5. The number of anilines is 1. The fourth-order valence-corrected chi connectivity index (χ4v) is 4.28. The first kappa shape index (κ1) is 22.8. The van der Waals surface area contributed by atoms with Crippen LogP contribution in [-0.2, 0) is 15.0 Å². The largest absolute Gasteiger partial charge is 0.359 e. The molecule has 1 N–H and O–H groups in total. The summed E-state index contributed by atoms with van der Waals surface area (Å²) in [5.41, 5.74) is 1.48. The van der Waals surface area contributed by atoms with Crippen LogP contribution in [0.5, 0.6) is 0 Å². The molecule has 0 saturated carbocycles. The van der Waals surface area contributed by atoms with Gasteiger partial charge in [-0.25, -0.2) is 4.98 Å². The maximum absolute atomic E-state index is 12.9. The molecule has 10 heteroatoms. The topological polar surface area (TPSA) is 110 Å². The van der Waals surface area contributed by atoms with Crippen molar-refractivity contribution in [2.24, 2.45) is 0 Å². The van der Waals surface area contributed by atoms with E-state index < -0.39 is 23.6 Å². The second kappa shape index (κ2) is 8.51. The molecule has 3 amide bonds. The lowest BCUT2D eigenvalue weighted by Gasteiger charge is -2.12. The van der Waals surface area contributed by atoms with E-state index in [0.717, 1.165) is 27.7 Å². The molecule has 0 spiro atoms. The molecular formula is C23H25N5O4S. The summed E-state index contributed by atoms with van der Waals surface area (Å²) in [6, 6.07) is 9.42. The Balaban J connectivity index is 1.52. The van der Waals surface area contributed by atoms with E-state index >= 15 is 0 Å². The molecule has 1 saturated heterocycles. The second-order valence-corrected chi connectivity index (χ2v) is 10.1. The number of fused-ring (bicyclic) bond motifs is 1. The van der Waals surface area contributed by atoms with Gasteiger partial charge in [0.15, 0.2) is 5.82 Å². The van der Waals surface area contributed by atoms with Gasteiger partial charge in [-0.3, -0.25) is 19.3 Å². The van der Waals surface area contributed by atoms with Gasteiger partial charge in [0, 0.05) is 23.6 Å². The summed E-state index contributed by atoms with van der Waals surface area (Å²) < 4.78 is 7.25. The van der Waals surface area contributed by atoms with E-state index in [-0.39, 0.29) is 22.2 Å². The van der Waals surface area contributed by atoms with Crippen LogP contribution < -0.4 is 5.32 Å². The van der Waals surface area contributed by atoms with E-state index in [1.807, 2.05) is 63.5 Å². The molecule has 3 aromatic rings. The minimum Gasteiger partial charge on any atom is -0.359 e. The van der Waals surface area contributed by atoms with Crippen LogP contribution in [0.15, 0.2) is 39.8 Å². The van der Waals surface area contributed by atoms with Gasteiger partial charge < -0.3 is 14.4 Å². The quantitative estimate of drug-likeness (QED) is 0.547. The van der Waals surface area contributed by atoms with Crippen molar-refractivity contribution in [3.8, 4) is 0 Å². The van der Waals surface area contributed by atoms with Gasteiger partial charge in [0.25, 0.3) is 11.1 Å². The Hall–Kier alpha value is -3.40. The van der Waals surface area contributed by atoms with Crippen molar-refractivity contribution in [3.05, 3.63) is 46.8 Å². The van der Waals surface area contributed by atoms with Gasteiger partial charge in [-0.15, -0.1) is 0 Å². The van der Waals surface area contributed by atoms with Crippen LogP contribution in [0.4, 0.5) is 10.6 Å². The Morgan fingerprint density at radius 2 is 1.97 bits per heavy atom. The average Bonchev–Trinajstić information content (AvgIpc) is 3.40. The number of nitrogens with zero attached hydrogens (tertiary/aromatic N) is 4. The number of carbonyl (C=O) groups is 3. The summed E-state index contributed by atoms with van der Waals surface area (Å²) in [6.45, 7) is 9.51. The molecule has 9 nitrogen and oxygen atoms in total. The number of aromatic nitrogens is 3. The molecule has 0 aliphatic carbocycles. The molecule has 33 heavy (non-hydrogen) atoms. The SMILES string of the molecule is CC(C)n1c(/C=C2\SC(=O)N(CC(=O)Nc3cc(C(C)(C)C)on3)C2=O)nc2ccccc21. The van der Waals surface area contributed by atoms with E-state index in [1.54, 1.807) is 12.1 Å². The molecule has 1 aliphatic heterocycles. The highest BCUT2D eigenvalue weighted by Gasteiger charge is 2.37. The minimum absolute atomic E-state index is 0.101. The van der Waals surface area contributed by atoms with Crippen molar-refractivity contribution in [2.45, 2.75) is 46.1 Å². The number of amides is 3. The highest BCUT2D eigenvalue weighted by atomic mass is 32.2. The monoisotopic (exact) mass is 467 g/mol. The van der Waals surface area contributed by atoms with E-state index in [9.17, 15) is 14.4 Å². The maximum Gasteiger partial charge on any atom is 0.294 e. The van der Waals surface area contributed by atoms with Crippen molar-refractivity contribution in [1.29, 1.82) is 0 Å². The Morgan fingerprint density at radius 1 is 1.24 bits per heavy atom. The van der Waals surface area contributed by atoms with Crippen LogP contribution in [-0.4, -0.2) is 43.2 Å². The lowest BCUT2D eigenvalue weighted by atomic mass is 9.93. The molecule has 0 unspecified atom stereocenters. The summed E-state index contributed by atoms with van der Waals surface area (Å²) >= 11 is 0.794. The molecule has 0 radical (unpaired) electrons. The van der Waals surface area contributed by atoms with Crippen LogP contribution in [0, 0.1) is 0 Å². The van der Waals surface area contributed by atoms with E-state index in [4.69, 9.17) is 4.52 Å². The minimum atomic E-state index is -0.540. The molecule has 3 heterocycles. The van der Waals surface area contributed by atoms with Crippen molar-refractivity contribution < 1.29 is 18.9 Å². The maximum atomic E-state index is 12.9. The number of para-hydroxylation sites is 2. The van der Waals surface area contributed by atoms with Gasteiger partial charge in [-0.2, -0.15) is 0 Å². The number of imidazole rings is 1. The van der Waals surface area contributed by atoms with Gasteiger partial charge in [-0.05, 0) is 37.7 Å². The third-order valence-corrected chi connectivity index (χ3v) is 6.00. The molecule has 4 rings (SSSR count). The zero-order valence-corrected chi connectivity index (χ0v) is 19.9. The molecule has 1 fully saturated rings. The fraction of sp³-hybridized carbons (Fsp3) is 0.348. The van der Waals surface area contributed by atoms with E-state index in [2.05, 4.69) is 15.5 Å². The van der Waals surface area contributed by atoms with Gasteiger partial charge in [-0.1, -0.05) is 38.1 Å². The number of thioether (sulfide) groups is 1. The zero-order chi connectivity index (χ0) is 23.9. The number of benzene rings is 1. The number of carbonyl (C=O) groups excluding carboxylic acids is 3. The third kappa shape index (κ3) is 4.56. The predicted molar refractivity (Wildman–Crippen MR) is 127 cm³/mol. The smallest absolute Gasteiger partial charge is 0.294 e. The van der Waals surface area contributed by atoms with Crippen LogP contribution in [0.1, 0.15) is 52.2 Å².